The number of benzene rings is 1. The Morgan fingerprint density at radius 3 is 2.45 bits per heavy atom. The van der Waals surface area contributed by atoms with E-state index < -0.39 is 27.9 Å². The van der Waals surface area contributed by atoms with E-state index in [0.717, 1.165) is 4.31 Å². The largest absolute Gasteiger partial charge is 0.481 e. The van der Waals surface area contributed by atoms with E-state index in [-0.39, 0.29) is 30.2 Å². The van der Waals surface area contributed by atoms with Crippen molar-refractivity contribution in [2.45, 2.75) is 18.2 Å². The predicted molar refractivity (Wildman–Crippen MR) is 76.9 cm³/mol. The second-order valence-electron chi connectivity index (χ2n) is 4.93. The minimum Gasteiger partial charge on any atom is -0.481 e. The number of rotatable bonds is 5. The van der Waals surface area contributed by atoms with Crippen LogP contribution in [0.5, 0.6) is 0 Å². The zero-order chi connectivity index (χ0) is 16.3. The Bertz CT molecular complexity index is 667. The van der Waals surface area contributed by atoms with Crippen molar-refractivity contribution >= 4 is 22.0 Å². The lowest BCUT2D eigenvalue weighted by Gasteiger charge is -2.16. The summed E-state index contributed by atoms with van der Waals surface area (Å²) in [5.74, 6) is -2.18. The normalized spacial score (nSPS) is 19.0. The van der Waals surface area contributed by atoms with Gasteiger partial charge >= 0.3 is 11.9 Å². The van der Waals surface area contributed by atoms with E-state index in [0.29, 0.717) is 6.42 Å². The first-order valence-corrected chi connectivity index (χ1v) is 8.30. The standard InChI is InChI=1S/C14H17NO6S/c1-2-21-14(18)10-3-5-12(6-4-10)22(19,20)15-8-7-11(9-15)13(16)17/h3-6,11H,2,7-9H2,1H3,(H,16,17). The summed E-state index contributed by atoms with van der Waals surface area (Å²) in [6.45, 7) is 2.07. The number of hydrogen-bond donors (Lipinski definition) is 1. The van der Waals surface area contributed by atoms with Gasteiger partial charge in [0.2, 0.25) is 10.0 Å². The van der Waals surface area contributed by atoms with Gasteiger partial charge in [-0.1, -0.05) is 0 Å². The predicted octanol–water partition coefficient (Wildman–Crippen LogP) is 0.958. The lowest BCUT2D eigenvalue weighted by molar-refractivity contribution is -0.141. The van der Waals surface area contributed by atoms with Crippen molar-refractivity contribution in [3.05, 3.63) is 29.8 Å². The Hall–Kier alpha value is -1.93. The molecule has 0 aliphatic carbocycles. The Labute approximate surface area is 128 Å². The summed E-state index contributed by atoms with van der Waals surface area (Å²) >= 11 is 0. The van der Waals surface area contributed by atoms with Gasteiger partial charge in [-0.2, -0.15) is 4.31 Å². The highest BCUT2D eigenvalue weighted by molar-refractivity contribution is 7.89. The molecule has 8 heteroatoms. The maximum atomic E-state index is 12.4. The SMILES string of the molecule is CCOC(=O)c1ccc(S(=O)(=O)N2CCC(C(=O)O)C2)cc1. The molecule has 1 aromatic rings. The third-order valence-corrected chi connectivity index (χ3v) is 5.38. The van der Waals surface area contributed by atoms with Gasteiger partial charge in [0, 0.05) is 13.1 Å². The van der Waals surface area contributed by atoms with Crippen LogP contribution in [-0.2, 0) is 19.6 Å². The molecule has 1 aliphatic heterocycles. The number of sulfonamides is 1. The zero-order valence-corrected chi connectivity index (χ0v) is 12.9. The highest BCUT2D eigenvalue weighted by Crippen LogP contribution is 2.24. The molecule has 22 heavy (non-hydrogen) atoms. The number of nitrogens with zero attached hydrogens (tertiary/aromatic N) is 1. The number of ether oxygens (including phenoxy) is 1. The van der Waals surface area contributed by atoms with Crippen LogP contribution in [0.4, 0.5) is 0 Å². The Morgan fingerprint density at radius 1 is 1.32 bits per heavy atom. The maximum Gasteiger partial charge on any atom is 0.338 e. The molecule has 0 spiro atoms. The highest BCUT2D eigenvalue weighted by atomic mass is 32.2. The Balaban J connectivity index is 2.17. The summed E-state index contributed by atoms with van der Waals surface area (Å²) in [4.78, 5) is 22.5. The van der Waals surface area contributed by atoms with Crippen LogP contribution in [0, 0.1) is 5.92 Å². The van der Waals surface area contributed by atoms with Crippen molar-refractivity contribution in [2.75, 3.05) is 19.7 Å². The fourth-order valence-electron chi connectivity index (χ4n) is 2.27. The van der Waals surface area contributed by atoms with E-state index in [9.17, 15) is 18.0 Å². The molecule has 0 saturated carbocycles. The first-order chi connectivity index (χ1) is 10.4. The number of aliphatic carboxylic acids is 1. The number of carboxylic acids is 1. The van der Waals surface area contributed by atoms with Gasteiger partial charge in [0.15, 0.2) is 0 Å². The molecule has 1 aliphatic rings. The molecule has 1 unspecified atom stereocenters. The topological polar surface area (TPSA) is 101 Å². The van der Waals surface area contributed by atoms with Crippen molar-refractivity contribution in [3.63, 3.8) is 0 Å². The first kappa shape index (κ1) is 16.4. The Morgan fingerprint density at radius 2 is 1.95 bits per heavy atom. The molecular formula is C14H17NO6S. The molecule has 0 amide bonds. The van der Waals surface area contributed by atoms with Crippen molar-refractivity contribution in [3.8, 4) is 0 Å². The molecule has 2 rings (SSSR count). The molecule has 1 N–H and O–H groups in total. The van der Waals surface area contributed by atoms with Crippen LogP contribution in [0.1, 0.15) is 23.7 Å². The van der Waals surface area contributed by atoms with Gasteiger partial charge < -0.3 is 9.84 Å². The van der Waals surface area contributed by atoms with E-state index >= 15 is 0 Å². The monoisotopic (exact) mass is 327 g/mol. The van der Waals surface area contributed by atoms with Gasteiger partial charge in [0.1, 0.15) is 0 Å². The molecule has 120 valence electrons. The second kappa shape index (κ2) is 6.45. The number of carbonyl (C=O) groups is 2. The number of carboxylic acid groups (broad SMARTS) is 1. The Kier molecular flexibility index (Phi) is 4.82. The zero-order valence-electron chi connectivity index (χ0n) is 12.1. The third kappa shape index (κ3) is 3.28. The lowest BCUT2D eigenvalue weighted by Crippen LogP contribution is -2.30. The number of hydrogen-bond acceptors (Lipinski definition) is 5. The van der Waals surface area contributed by atoms with Crippen LogP contribution in [-0.4, -0.2) is 49.5 Å². The fourth-order valence-corrected chi connectivity index (χ4v) is 3.77. The summed E-state index contributed by atoms with van der Waals surface area (Å²) in [6, 6.07) is 5.43. The quantitative estimate of drug-likeness (QED) is 0.808. The summed E-state index contributed by atoms with van der Waals surface area (Å²) in [6.07, 6.45) is 0.301. The molecular weight excluding hydrogens is 310 g/mol. The van der Waals surface area contributed by atoms with Crippen LogP contribution in [0.25, 0.3) is 0 Å². The summed E-state index contributed by atoms with van der Waals surface area (Å²) in [5, 5.41) is 8.94. The third-order valence-electron chi connectivity index (χ3n) is 3.50. The number of carbonyl (C=O) groups excluding carboxylic acids is 1. The van der Waals surface area contributed by atoms with Crippen LogP contribution >= 0.6 is 0 Å². The molecule has 1 atom stereocenters. The van der Waals surface area contributed by atoms with Gasteiger partial charge in [-0.25, -0.2) is 13.2 Å². The molecule has 1 fully saturated rings. The van der Waals surface area contributed by atoms with E-state index in [1.807, 2.05) is 0 Å². The summed E-state index contributed by atoms with van der Waals surface area (Å²) in [7, 11) is -3.74. The molecule has 1 aromatic carbocycles. The molecule has 0 radical (unpaired) electrons. The van der Waals surface area contributed by atoms with Gasteiger partial charge in [0.25, 0.3) is 0 Å². The van der Waals surface area contributed by atoms with E-state index in [2.05, 4.69) is 0 Å². The molecule has 1 heterocycles. The van der Waals surface area contributed by atoms with E-state index in [1.54, 1.807) is 6.92 Å². The molecule has 0 aromatic heterocycles. The minimum atomic E-state index is -3.74. The van der Waals surface area contributed by atoms with Crippen LogP contribution < -0.4 is 0 Å². The van der Waals surface area contributed by atoms with Gasteiger partial charge in [-0.3, -0.25) is 4.79 Å². The van der Waals surface area contributed by atoms with Crippen molar-refractivity contribution in [1.82, 2.24) is 4.31 Å². The minimum absolute atomic E-state index is 0.0305. The highest BCUT2D eigenvalue weighted by Gasteiger charge is 2.35. The summed E-state index contributed by atoms with van der Waals surface area (Å²) in [5.41, 5.74) is 0.269. The average molecular weight is 327 g/mol. The fraction of sp³-hybridized carbons (Fsp3) is 0.429. The second-order valence-corrected chi connectivity index (χ2v) is 6.87. The molecule has 0 bridgehead atoms. The smallest absolute Gasteiger partial charge is 0.338 e. The van der Waals surface area contributed by atoms with Crippen molar-refractivity contribution in [1.29, 1.82) is 0 Å². The van der Waals surface area contributed by atoms with Crippen molar-refractivity contribution < 1.29 is 27.9 Å². The van der Waals surface area contributed by atoms with Gasteiger partial charge in [0.05, 0.1) is 23.0 Å². The van der Waals surface area contributed by atoms with Gasteiger partial charge in [-0.05, 0) is 37.6 Å². The van der Waals surface area contributed by atoms with Crippen LogP contribution in [0.15, 0.2) is 29.2 Å². The summed E-state index contributed by atoms with van der Waals surface area (Å²) < 4.78 is 30.8. The van der Waals surface area contributed by atoms with E-state index in [1.165, 1.54) is 24.3 Å². The van der Waals surface area contributed by atoms with Crippen molar-refractivity contribution in [2.24, 2.45) is 5.92 Å². The first-order valence-electron chi connectivity index (χ1n) is 6.86. The van der Waals surface area contributed by atoms with Crippen LogP contribution in [0.2, 0.25) is 0 Å². The molecule has 7 nitrogen and oxygen atoms in total. The molecule has 1 saturated heterocycles. The average Bonchev–Trinajstić information content (AvgIpc) is 2.98. The lowest BCUT2D eigenvalue weighted by atomic mass is 10.1. The number of esters is 1. The van der Waals surface area contributed by atoms with Gasteiger partial charge in [-0.15, -0.1) is 0 Å². The van der Waals surface area contributed by atoms with Crippen LogP contribution in [0.3, 0.4) is 0 Å². The maximum absolute atomic E-state index is 12.4. The van der Waals surface area contributed by atoms with E-state index in [4.69, 9.17) is 9.84 Å².